The smallest absolute Gasteiger partial charge is 0.312 e. The molecule has 0 bridgehead atoms. The zero-order valence-corrected chi connectivity index (χ0v) is 16.5. The second-order valence-corrected chi connectivity index (χ2v) is 6.67. The van der Waals surface area contributed by atoms with E-state index in [4.69, 9.17) is 4.42 Å². The topological polar surface area (TPSA) is 132 Å². The number of hydrogen-bond donors (Lipinski definition) is 2. The van der Waals surface area contributed by atoms with E-state index < -0.39 is 4.92 Å². The third-order valence-electron chi connectivity index (χ3n) is 4.50. The van der Waals surface area contributed by atoms with Gasteiger partial charge in [-0.2, -0.15) is 5.10 Å². The number of nitro groups is 1. The highest BCUT2D eigenvalue weighted by atomic mass is 16.6. The van der Waals surface area contributed by atoms with Gasteiger partial charge in [-0.05, 0) is 43.7 Å². The molecule has 0 aliphatic carbocycles. The number of furan rings is 1. The third-order valence-corrected chi connectivity index (χ3v) is 4.50. The van der Waals surface area contributed by atoms with Gasteiger partial charge in [-0.25, -0.2) is 0 Å². The van der Waals surface area contributed by atoms with Crippen molar-refractivity contribution in [3.05, 3.63) is 81.1 Å². The number of rotatable bonds is 8. The lowest BCUT2D eigenvalue weighted by Gasteiger charge is -2.08. The van der Waals surface area contributed by atoms with E-state index in [2.05, 4.69) is 15.7 Å². The van der Waals surface area contributed by atoms with Crippen LogP contribution in [0.25, 0.3) is 0 Å². The van der Waals surface area contributed by atoms with Crippen molar-refractivity contribution in [1.82, 2.24) is 20.4 Å². The number of carbonyl (C=O) groups excluding carboxylic acids is 2. The summed E-state index contributed by atoms with van der Waals surface area (Å²) in [6.07, 6.45) is 1.54. The Hall–Kier alpha value is -3.95. The number of amides is 2. The van der Waals surface area contributed by atoms with Crippen molar-refractivity contribution < 1.29 is 18.9 Å². The van der Waals surface area contributed by atoms with Gasteiger partial charge in [-0.1, -0.05) is 12.1 Å². The van der Waals surface area contributed by atoms with Crippen molar-refractivity contribution in [2.75, 3.05) is 0 Å². The average Bonchev–Trinajstić information content (AvgIpc) is 3.32. The number of nitrogens with zero attached hydrogens (tertiary/aromatic N) is 3. The van der Waals surface area contributed by atoms with E-state index >= 15 is 0 Å². The van der Waals surface area contributed by atoms with Gasteiger partial charge in [0, 0.05) is 12.1 Å². The molecule has 0 aliphatic rings. The highest BCUT2D eigenvalue weighted by Gasteiger charge is 2.22. The summed E-state index contributed by atoms with van der Waals surface area (Å²) in [4.78, 5) is 35.1. The fraction of sp³-hybridized carbons (Fsp3) is 0.250. The minimum absolute atomic E-state index is 0.0870. The summed E-state index contributed by atoms with van der Waals surface area (Å²) in [5.74, 6) is 0.0499. The minimum Gasteiger partial charge on any atom is -0.467 e. The Balaban J connectivity index is 1.56. The van der Waals surface area contributed by atoms with E-state index in [1.54, 1.807) is 43.3 Å². The molecule has 2 amide bonds. The molecule has 0 spiro atoms. The molecular formula is C20H21N5O5. The number of aromatic nitrogens is 2. The molecule has 0 atom stereocenters. The van der Waals surface area contributed by atoms with Gasteiger partial charge >= 0.3 is 5.69 Å². The molecule has 2 aromatic heterocycles. The molecule has 3 rings (SSSR count). The number of nitrogens with one attached hydrogen (secondary N) is 2. The number of carbonyl (C=O) groups is 2. The Kier molecular flexibility index (Phi) is 6.26. The van der Waals surface area contributed by atoms with Crippen LogP contribution in [0.5, 0.6) is 0 Å². The third kappa shape index (κ3) is 4.90. The van der Waals surface area contributed by atoms with E-state index in [-0.39, 0.29) is 42.8 Å². The van der Waals surface area contributed by atoms with Crippen LogP contribution in [-0.4, -0.2) is 26.5 Å². The Morgan fingerprint density at radius 2 is 1.97 bits per heavy atom. The predicted octanol–water partition coefficient (Wildman–Crippen LogP) is 2.25. The van der Waals surface area contributed by atoms with Crippen molar-refractivity contribution in [3.8, 4) is 0 Å². The minimum atomic E-state index is -0.505. The monoisotopic (exact) mass is 411 g/mol. The van der Waals surface area contributed by atoms with Crippen molar-refractivity contribution in [1.29, 1.82) is 0 Å². The molecule has 3 aromatic rings. The molecule has 2 N–H and O–H groups in total. The summed E-state index contributed by atoms with van der Waals surface area (Å²) >= 11 is 0. The van der Waals surface area contributed by atoms with Crippen molar-refractivity contribution in [2.24, 2.45) is 0 Å². The van der Waals surface area contributed by atoms with Gasteiger partial charge in [0.05, 0.1) is 17.7 Å². The number of benzene rings is 1. The van der Waals surface area contributed by atoms with E-state index in [9.17, 15) is 19.7 Å². The predicted molar refractivity (Wildman–Crippen MR) is 107 cm³/mol. The van der Waals surface area contributed by atoms with Crippen molar-refractivity contribution in [2.45, 2.75) is 33.5 Å². The Labute approximate surface area is 172 Å². The molecule has 2 heterocycles. The standard InChI is InChI=1S/C20H21N5O5/c1-13-19(25(28)29)14(2)24(23-13)12-18(26)21-10-15-5-3-6-16(9-15)20(27)22-11-17-7-4-8-30-17/h3-9H,10-12H2,1-2H3,(H,21,26)(H,22,27). The highest BCUT2D eigenvalue weighted by molar-refractivity contribution is 5.94. The lowest BCUT2D eigenvalue weighted by molar-refractivity contribution is -0.386. The van der Waals surface area contributed by atoms with E-state index in [0.717, 1.165) is 5.56 Å². The van der Waals surface area contributed by atoms with Gasteiger partial charge in [0.2, 0.25) is 5.91 Å². The number of hydrogen-bond acceptors (Lipinski definition) is 6. The second kappa shape index (κ2) is 9.03. The Morgan fingerprint density at radius 3 is 2.63 bits per heavy atom. The molecule has 0 fully saturated rings. The summed E-state index contributed by atoms with van der Waals surface area (Å²) in [6, 6.07) is 10.4. The van der Waals surface area contributed by atoms with Gasteiger partial charge in [-0.3, -0.25) is 24.4 Å². The van der Waals surface area contributed by atoms with Crippen LogP contribution in [0.4, 0.5) is 5.69 Å². The van der Waals surface area contributed by atoms with Crippen LogP contribution < -0.4 is 10.6 Å². The summed E-state index contributed by atoms with van der Waals surface area (Å²) in [7, 11) is 0. The Morgan fingerprint density at radius 1 is 1.17 bits per heavy atom. The summed E-state index contributed by atoms with van der Waals surface area (Å²) < 4.78 is 6.49. The van der Waals surface area contributed by atoms with Gasteiger partial charge in [0.15, 0.2) is 0 Å². The Bertz CT molecular complexity index is 1070. The van der Waals surface area contributed by atoms with Gasteiger partial charge in [0.25, 0.3) is 5.91 Å². The molecule has 1 aromatic carbocycles. The normalized spacial score (nSPS) is 10.6. The zero-order chi connectivity index (χ0) is 21.7. The maximum atomic E-state index is 12.3. The van der Waals surface area contributed by atoms with Gasteiger partial charge in [0.1, 0.15) is 23.7 Å². The van der Waals surface area contributed by atoms with E-state index in [1.165, 1.54) is 17.9 Å². The lowest BCUT2D eigenvalue weighted by atomic mass is 10.1. The molecule has 156 valence electrons. The van der Waals surface area contributed by atoms with Crippen LogP contribution in [0.2, 0.25) is 0 Å². The summed E-state index contributed by atoms with van der Waals surface area (Å²) in [5.41, 5.74) is 1.70. The molecule has 10 nitrogen and oxygen atoms in total. The number of aryl methyl sites for hydroxylation is 1. The van der Waals surface area contributed by atoms with E-state index in [0.29, 0.717) is 17.0 Å². The molecule has 0 saturated heterocycles. The molecule has 0 saturated carbocycles. The molecule has 0 radical (unpaired) electrons. The first-order valence-electron chi connectivity index (χ1n) is 9.19. The first kappa shape index (κ1) is 20.8. The van der Waals surface area contributed by atoms with Crippen LogP contribution >= 0.6 is 0 Å². The quantitative estimate of drug-likeness (QED) is 0.432. The summed E-state index contributed by atoms with van der Waals surface area (Å²) in [6.45, 7) is 3.43. The largest absolute Gasteiger partial charge is 0.467 e. The van der Waals surface area contributed by atoms with Gasteiger partial charge < -0.3 is 15.1 Å². The fourth-order valence-electron chi connectivity index (χ4n) is 3.00. The summed E-state index contributed by atoms with van der Waals surface area (Å²) in [5, 5.41) is 20.6. The van der Waals surface area contributed by atoms with Crippen LogP contribution in [0.1, 0.15) is 33.1 Å². The molecular weight excluding hydrogens is 390 g/mol. The molecule has 30 heavy (non-hydrogen) atoms. The van der Waals surface area contributed by atoms with Crippen LogP contribution in [0, 0.1) is 24.0 Å². The molecule has 0 aliphatic heterocycles. The highest BCUT2D eigenvalue weighted by Crippen LogP contribution is 2.21. The van der Waals surface area contributed by atoms with Gasteiger partial charge in [-0.15, -0.1) is 0 Å². The fourth-order valence-corrected chi connectivity index (χ4v) is 3.00. The van der Waals surface area contributed by atoms with Crippen molar-refractivity contribution in [3.63, 3.8) is 0 Å². The molecule has 10 heteroatoms. The lowest BCUT2D eigenvalue weighted by Crippen LogP contribution is -2.28. The van der Waals surface area contributed by atoms with Crippen LogP contribution in [-0.2, 0) is 24.4 Å². The first-order valence-corrected chi connectivity index (χ1v) is 9.19. The zero-order valence-electron chi connectivity index (χ0n) is 16.5. The maximum Gasteiger partial charge on any atom is 0.312 e. The molecule has 0 unspecified atom stereocenters. The maximum absolute atomic E-state index is 12.3. The average molecular weight is 411 g/mol. The SMILES string of the molecule is Cc1nn(CC(=O)NCc2cccc(C(=O)NCc3ccco3)c2)c(C)c1[N+](=O)[O-]. The van der Waals surface area contributed by atoms with Crippen molar-refractivity contribution >= 4 is 17.5 Å². The van der Waals surface area contributed by atoms with E-state index in [1.807, 2.05) is 0 Å². The van der Waals surface area contributed by atoms with Crippen LogP contribution in [0.15, 0.2) is 47.1 Å². The first-order chi connectivity index (χ1) is 14.3. The van der Waals surface area contributed by atoms with Crippen LogP contribution in [0.3, 0.4) is 0 Å². The second-order valence-electron chi connectivity index (χ2n) is 6.67.